The average Bonchev–Trinajstić information content (AvgIpc) is 2.81. The number of aliphatic hydroxyl groups is 2. The van der Waals surface area contributed by atoms with Gasteiger partial charge in [-0.3, -0.25) is 4.21 Å². The summed E-state index contributed by atoms with van der Waals surface area (Å²) in [5, 5.41) is 18.5. The van der Waals surface area contributed by atoms with E-state index in [9.17, 15) is 19.2 Å². The first-order valence-corrected chi connectivity index (χ1v) is 7.34. The predicted molar refractivity (Wildman–Crippen MR) is 67.2 cm³/mol. The summed E-state index contributed by atoms with van der Waals surface area (Å²) in [6.45, 7) is 3.53. The molecule has 4 atom stereocenters. The van der Waals surface area contributed by atoms with Crippen LogP contribution in [-0.2, 0) is 15.5 Å². The molecule has 0 spiro atoms. The Labute approximate surface area is 112 Å². The number of ether oxygens (including phenoxy) is 1. The van der Waals surface area contributed by atoms with Crippen LogP contribution in [-0.4, -0.2) is 45.0 Å². The summed E-state index contributed by atoms with van der Waals surface area (Å²) >= 11 is 0. The minimum Gasteiger partial charge on any atom is -0.464 e. The van der Waals surface area contributed by atoms with Gasteiger partial charge in [0.05, 0.1) is 18.5 Å². The van der Waals surface area contributed by atoms with Gasteiger partial charge in [-0.05, 0) is 19.9 Å². The first-order valence-electron chi connectivity index (χ1n) is 5.96. The zero-order chi connectivity index (χ0) is 14.2. The molecule has 6 nitrogen and oxygen atoms in total. The van der Waals surface area contributed by atoms with Crippen molar-refractivity contribution in [1.82, 2.24) is 0 Å². The lowest BCUT2D eigenvalue weighted by Gasteiger charge is -2.11. The Morgan fingerprint density at radius 3 is 2.79 bits per heavy atom. The number of esters is 1. The Morgan fingerprint density at radius 2 is 2.26 bits per heavy atom. The maximum atomic E-state index is 11.8. The quantitative estimate of drug-likeness (QED) is 0.776. The van der Waals surface area contributed by atoms with Gasteiger partial charge in [0, 0.05) is 10.8 Å². The summed E-state index contributed by atoms with van der Waals surface area (Å²) in [6.07, 6.45) is -2.19. The van der Waals surface area contributed by atoms with Crippen molar-refractivity contribution >= 4 is 16.8 Å². The fraction of sp³-hybridized carbons (Fsp3) is 0.583. The van der Waals surface area contributed by atoms with E-state index in [2.05, 4.69) is 0 Å². The second-order valence-corrected chi connectivity index (χ2v) is 5.97. The van der Waals surface area contributed by atoms with Crippen LogP contribution in [0, 0.1) is 6.92 Å². The number of hydrogen-bond donors (Lipinski definition) is 2. The van der Waals surface area contributed by atoms with E-state index in [1.54, 1.807) is 13.8 Å². The van der Waals surface area contributed by atoms with E-state index < -0.39 is 34.2 Å². The molecule has 0 saturated carbocycles. The Balaban J connectivity index is 2.30. The summed E-state index contributed by atoms with van der Waals surface area (Å²) in [5.41, 5.74) is 0.252. The van der Waals surface area contributed by atoms with Crippen LogP contribution in [0.15, 0.2) is 10.5 Å². The van der Waals surface area contributed by atoms with Crippen molar-refractivity contribution in [2.45, 2.75) is 31.3 Å². The maximum Gasteiger partial charge on any atom is 0.341 e. The molecule has 1 aliphatic rings. The van der Waals surface area contributed by atoms with Crippen molar-refractivity contribution in [3.8, 4) is 0 Å². The molecule has 1 aromatic heterocycles. The Morgan fingerprint density at radius 1 is 1.58 bits per heavy atom. The number of hydrogen-bond acceptors (Lipinski definition) is 6. The molecule has 1 fully saturated rings. The number of carbonyl (C=O) groups excluding carboxylic acids is 1. The molecular weight excluding hydrogens is 272 g/mol. The van der Waals surface area contributed by atoms with Crippen LogP contribution in [0.5, 0.6) is 0 Å². The third-order valence-corrected chi connectivity index (χ3v) is 4.78. The molecule has 0 aromatic carbocycles. The predicted octanol–water partition coefficient (Wildman–Crippen LogP) is 0.290. The van der Waals surface area contributed by atoms with Gasteiger partial charge in [-0.15, -0.1) is 0 Å². The number of furan rings is 1. The summed E-state index contributed by atoms with van der Waals surface area (Å²) in [6, 6.07) is 1.43. The summed E-state index contributed by atoms with van der Waals surface area (Å²) < 4.78 is 22.1. The first-order chi connectivity index (χ1) is 8.95. The lowest BCUT2D eigenvalue weighted by molar-refractivity contribution is 0.0385. The number of carbonyl (C=O) groups is 1. The molecule has 0 bridgehead atoms. The van der Waals surface area contributed by atoms with Crippen LogP contribution in [0.4, 0.5) is 0 Å². The molecule has 2 rings (SSSR count). The molecule has 7 heteroatoms. The lowest BCUT2D eigenvalue weighted by Crippen LogP contribution is -2.24. The summed E-state index contributed by atoms with van der Waals surface area (Å²) in [5.74, 6) is 0.0659. The minimum atomic E-state index is -1.43. The van der Waals surface area contributed by atoms with Crippen LogP contribution >= 0.6 is 0 Å². The molecule has 106 valence electrons. The summed E-state index contributed by atoms with van der Waals surface area (Å²) in [4.78, 5) is 11.7. The van der Waals surface area contributed by atoms with Crippen molar-refractivity contribution in [2.24, 2.45) is 0 Å². The van der Waals surface area contributed by atoms with Gasteiger partial charge in [-0.2, -0.15) is 0 Å². The van der Waals surface area contributed by atoms with E-state index in [0.29, 0.717) is 5.76 Å². The monoisotopic (exact) mass is 288 g/mol. The lowest BCUT2D eigenvalue weighted by atomic mass is 10.1. The van der Waals surface area contributed by atoms with Crippen LogP contribution in [0.25, 0.3) is 0 Å². The van der Waals surface area contributed by atoms with Gasteiger partial charge >= 0.3 is 5.97 Å². The minimum absolute atomic E-state index is 0.000318. The zero-order valence-corrected chi connectivity index (χ0v) is 11.5. The van der Waals surface area contributed by atoms with Gasteiger partial charge in [-0.1, -0.05) is 0 Å². The highest BCUT2D eigenvalue weighted by Crippen LogP contribution is 2.34. The fourth-order valence-corrected chi connectivity index (χ4v) is 3.69. The highest BCUT2D eigenvalue weighted by molar-refractivity contribution is 7.85. The van der Waals surface area contributed by atoms with Crippen LogP contribution in [0.3, 0.4) is 0 Å². The smallest absolute Gasteiger partial charge is 0.341 e. The SMILES string of the molecule is CCOC(=O)c1cc([C@H]2[C@H](O)[C@H](O)CS2=O)oc1C. The topological polar surface area (TPSA) is 97.0 Å². The van der Waals surface area contributed by atoms with E-state index in [-0.39, 0.29) is 23.7 Å². The van der Waals surface area contributed by atoms with E-state index in [4.69, 9.17) is 9.15 Å². The van der Waals surface area contributed by atoms with Gasteiger partial charge in [-0.25, -0.2) is 4.79 Å². The van der Waals surface area contributed by atoms with Crippen LogP contribution in [0.2, 0.25) is 0 Å². The fourth-order valence-electron chi connectivity index (χ4n) is 2.08. The summed E-state index contributed by atoms with van der Waals surface area (Å²) in [7, 11) is -1.43. The molecule has 0 aliphatic carbocycles. The average molecular weight is 288 g/mol. The van der Waals surface area contributed by atoms with Gasteiger partial charge in [0.25, 0.3) is 0 Å². The maximum absolute atomic E-state index is 11.8. The van der Waals surface area contributed by atoms with E-state index in [1.165, 1.54) is 6.07 Å². The number of aryl methyl sites for hydroxylation is 1. The standard InChI is InChI=1S/C12H16O6S/c1-3-17-12(15)7-4-9(18-6(7)2)11-10(14)8(13)5-19(11)16/h4,8,10-11,13-14H,3,5H2,1-2H3/t8-,10-,11+,19?/m1/s1. The van der Waals surface area contributed by atoms with E-state index in [1.807, 2.05) is 0 Å². The van der Waals surface area contributed by atoms with Crippen molar-refractivity contribution < 1.29 is 28.4 Å². The van der Waals surface area contributed by atoms with E-state index >= 15 is 0 Å². The van der Waals surface area contributed by atoms with E-state index in [0.717, 1.165) is 0 Å². The molecule has 1 aromatic rings. The Kier molecular flexibility index (Phi) is 4.07. The largest absolute Gasteiger partial charge is 0.464 e. The molecule has 1 aliphatic heterocycles. The Hall–Kier alpha value is -1.18. The van der Waals surface area contributed by atoms with Crippen molar-refractivity contribution in [3.63, 3.8) is 0 Å². The van der Waals surface area contributed by atoms with Crippen LogP contribution < -0.4 is 0 Å². The number of aliphatic hydroxyl groups excluding tert-OH is 2. The zero-order valence-electron chi connectivity index (χ0n) is 10.7. The van der Waals surface area contributed by atoms with Gasteiger partial charge in [0.2, 0.25) is 0 Å². The number of rotatable bonds is 3. The molecule has 2 N–H and O–H groups in total. The van der Waals surface area contributed by atoms with Gasteiger partial charge in [0.1, 0.15) is 28.4 Å². The molecular formula is C12H16O6S. The van der Waals surface area contributed by atoms with Gasteiger partial charge < -0.3 is 19.4 Å². The Bertz CT molecular complexity index is 508. The third kappa shape index (κ3) is 2.58. The second-order valence-electron chi connectivity index (χ2n) is 4.37. The molecule has 19 heavy (non-hydrogen) atoms. The molecule has 1 saturated heterocycles. The van der Waals surface area contributed by atoms with Crippen molar-refractivity contribution in [2.75, 3.05) is 12.4 Å². The highest BCUT2D eigenvalue weighted by atomic mass is 32.2. The molecule has 1 unspecified atom stereocenters. The molecule has 0 radical (unpaired) electrons. The normalized spacial score (nSPS) is 30.5. The first kappa shape index (κ1) is 14.2. The van der Waals surface area contributed by atoms with Crippen molar-refractivity contribution in [1.29, 1.82) is 0 Å². The molecule has 2 heterocycles. The van der Waals surface area contributed by atoms with Gasteiger partial charge in [0.15, 0.2) is 0 Å². The molecule has 0 amide bonds. The second kappa shape index (κ2) is 5.44. The van der Waals surface area contributed by atoms with Crippen LogP contribution in [0.1, 0.15) is 34.1 Å². The third-order valence-electron chi connectivity index (χ3n) is 3.04. The van der Waals surface area contributed by atoms with Crippen molar-refractivity contribution in [3.05, 3.63) is 23.2 Å². The highest BCUT2D eigenvalue weighted by Gasteiger charge is 2.43.